The smallest absolute Gasteiger partial charge is 0.253 e. The van der Waals surface area contributed by atoms with Crippen molar-refractivity contribution in [3.8, 4) is 0 Å². The Morgan fingerprint density at radius 3 is 2.22 bits per heavy atom. The van der Waals surface area contributed by atoms with Crippen molar-refractivity contribution in [1.29, 1.82) is 0 Å². The first kappa shape index (κ1) is 23.0. The molecule has 2 aliphatic heterocycles. The second kappa shape index (κ2) is 9.73. The lowest BCUT2D eigenvalue weighted by molar-refractivity contribution is 0.0628. The van der Waals surface area contributed by atoms with E-state index in [9.17, 15) is 13.2 Å². The predicted octanol–water partition coefficient (Wildman–Crippen LogP) is 3.44. The Morgan fingerprint density at radius 1 is 0.844 bits per heavy atom. The Bertz CT molecular complexity index is 1070. The Balaban J connectivity index is 1.44. The fourth-order valence-electron chi connectivity index (χ4n) is 4.58. The molecule has 1 amide bonds. The highest BCUT2D eigenvalue weighted by Gasteiger charge is 2.29. The van der Waals surface area contributed by atoms with Crippen LogP contribution in [0.15, 0.2) is 47.4 Å². The van der Waals surface area contributed by atoms with Gasteiger partial charge in [-0.3, -0.25) is 9.69 Å². The fraction of sp³-hybridized carbons (Fsp3) is 0.480. The normalized spacial score (nSPS) is 18.6. The summed E-state index contributed by atoms with van der Waals surface area (Å²) in [6.07, 6.45) is 2.85. The molecule has 0 atom stereocenters. The number of aryl methyl sites for hydroxylation is 2. The minimum Gasteiger partial charge on any atom is -0.336 e. The predicted molar refractivity (Wildman–Crippen MR) is 126 cm³/mol. The Morgan fingerprint density at radius 2 is 1.53 bits per heavy atom. The number of carbonyl (C=O) groups excluding carboxylic acids is 1. The third kappa shape index (κ3) is 4.90. The Kier molecular flexibility index (Phi) is 6.98. The summed E-state index contributed by atoms with van der Waals surface area (Å²) < 4.78 is 28.0. The van der Waals surface area contributed by atoms with Gasteiger partial charge in [0.25, 0.3) is 5.91 Å². The molecule has 6 nitrogen and oxygen atoms in total. The van der Waals surface area contributed by atoms with Gasteiger partial charge < -0.3 is 4.90 Å². The highest BCUT2D eigenvalue weighted by atomic mass is 32.2. The lowest BCUT2D eigenvalue weighted by atomic mass is 10.1. The van der Waals surface area contributed by atoms with Gasteiger partial charge in [-0.05, 0) is 55.5 Å². The molecule has 4 rings (SSSR count). The molecule has 0 radical (unpaired) electrons. The maximum absolute atomic E-state index is 13.2. The molecule has 2 heterocycles. The SMILES string of the molecule is Cc1ccccc1CN1CCN(C(=O)c2ccc(C)c(S(=O)(=O)N3CCCCC3)c2)CC1. The van der Waals surface area contributed by atoms with Crippen LogP contribution in [-0.4, -0.2) is 67.7 Å². The first-order valence-electron chi connectivity index (χ1n) is 11.5. The van der Waals surface area contributed by atoms with E-state index in [2.05, 4.69) is 36.1 Å². The third-order valence-corrected chi connectivity index (χ3v) is 8.72. The molecule has 7 heteroatoms. The fourth-order valence-corrected chi connectivity index (χ4v) is 6.34. The molecule has 172 valence electrons. The molecule has 0 aliphatic carbocycles. The van der Waals surface area contributed by atoms with Crippen molar-refractivity contribution in [3.05, 3.63) is 64.7 Å². The molecule has 2 saturated heterocycles. The Hall–Kier alpha value is -2.22. The Labute approximate surface area is 191 Å². The standard InChI is InChI=1S/C25H33N3O3S/c1-20-8-4-5-9-23(20)19-26-14-16-27(17-15-26)25(29)22-11-10-21(2)24(18-22)32(30,31)28-12-6-3-7-13-28/h4-5,8-11,18H,3,6-7,12-17,19H2,1-2H3. The van der Waals surface area contributed by atoms with E-state index in [0.717, 1.165) is 38.9 Å². The molecule has 0 saturated carbocycles. The zero-order valence-corrected chi connectivity index (χ0v) is 19.9. The van der Waals surface area contributed by atoms with E-state index in [4.69, 9.17) is 0 Å². The number of rotatable bonds is 5. The summed E-state index contributed by atoms with van der Waals surface area (Å²) in [5.41, 5.74) is 3.75. The summed E-state index contributed by atoms with van der Waals surface area (Å²) in [7, 11) is -3.57. The molecule has 32 heavy (non-hydrogen) atoms. The summed E-state index contributed by atoms with van der Waals surface area (Å²) in [5.74, 6) is -0.0874. The number of nitrogens with zero attached hydrogens (tertiary/aromatic N) is 3. The van der Waals surface area contributed by atoms with E-state index in [1.165, 1.54) is 11.1 Å². The third-order valence-electron chi connectivity index (χ3n) is 6.68. The van der Waals surface area contributed by atoms with Crippen LogP contribution in [0.1, 0.15) is 46.3 Å². The molecular formula is C25H33N3O3S. The largest absolute Gasteiger partial charge is 0.336 e. The van der Waals surface area contributed by atoms with Gasteiger partial charge in [-0.1, -0.05) is 36.8 Å². The summed E-state index contributed by atoms with van der Waals surface area (Å²) >= 11 is 0. The zero-order valence-electron chi connectivity index (χ0n) is 19.1. The molecule has 2 aliphatic rings. The second-order valence-corrected chi connectivity index (χ2v) is 10.8. The molecule has 2 aromatic rings. The number of sulfonamides is 1. The topological polar surface area (TPSA) is 60.9 Å². The molecule has 0 aromatic heterocycles. The molecule has 2 fully saturated rings. The number of benzene rings is 2. The summed E-state index contributed by atoms with van der Waals surface area (Å²) in [6, 6.07) is 13.5. The van der Waals surface area contributed by atoms with Gasteiger partial charge in [0.15, 0.2) is 0 Å². The van der Waals surface area contributed by atoms with E-state index in [1.807, 2.05) is 4.90 Å². The van der Waals surface area contributed by atoms with Crippen molar-refractivity contribution in [2.75, 3.05) is 39.3 Å². The van der Waals surface area contributed by atoms with Gasteiger partial charge in [-0.15, -0.1) is 0 Å². The molecule has 0 spiro atoms. The quantitative estimate of drug-likeness (QED) is 0.693. The minimum absolute atomic E-state index is 0.0874. The highest BCUT2D eigenvalue weighted by molar-refractivity contribution is 7.89. The monoisotopic (exact) mass is 455 g/mol. The van der Waals surface area contributed by atoms with E-state index >= 15 is 0 Å². The van der Waals surface area contributed by atoms with Crippen LogP contribution >= 0.6 is 0 Å². The van der Waals surface area contributed by atoms with Crippen LogP contribution in [0, 0.1) is 13.8 Å². The van der Waals surface area contributed by atoms with Gasteiger partial charge in [0.05, 0.1) is 4.90 Å². The molecule has 0 N–H and O–H groups in total. The molecule has 2 aromatic carbocycles. The van der Waals surface area contributed by atoms with Crippen molar-refractivity contribution in [2.45, 2.75) is 44.6 Å². The summed E-state index contributed by atoms with van der Waals surface area (Å²) in [5, 5.41) is 0. The van der Waals surface area contributed by atoms with E-state index < -0.39 is 10.0 Å². The van der Waals surface area contributed by atoms with Crippen LogP contribution in [0.25, 0.3) is 0 Å². The lowest BCUT2D eigenvalue weighted by Gasteiger charge is -2.35. The van der Waals surface area contributed by atoms with Crippen LogP contribution in [0.2, 0.25) is 0 Å². The van der Waals surface area contributed by atoms with E-state index in [-0.39, 0.29) is 10.8 Å². The van der Waals surface area contributed by atoms with Gasteiger partial charge in [0.1, 0.15) is 0 Å². The highest BCUT2D eigenvalue weighted by Crippen LogP contribution is 2.25. The first-order chi connectivity index (χ1) is 15.4. The first-order valence-corrected chi connectivity index (χ1v) is 13.0. The van der Waals surface area contributed by atoms with Gasteiger partial charge in [-0.2, -0.15) is 4.31 Å². The number of piperazine rings is 1. The number of amides is 1. The summed E-state index contributed by atoms with van der Waals surface area (Å²) in [6.45, 7) is 8.84. The molecule has 0 unspecified atom stereocenters. The maximum atomic E-state index is 13.2. The molecule has 0 bridgehead atoms. The van der Waals surface area contributed by atoms with Crippen molar-refractivity contribution in [3.63, 3.8) is 0 Å². The number of hydrogen-bond acceptors (Lipinski definition) is 4. The van der Waals surface area contributed by atoms with Crippen molar-refractivity contribution < 1.29 is 13.2 Å². The number of hydrogen-bond donors (Lipinski definition) is 0. The molecular weight excluding hydrogens is 422 g/mol. The summed E-state index contributed by atoms with van der Waals surface area (Å²) in [4.78, 5) is 17.7. The average Bonchev–Trinajstić information content (AvgIpc) is 2.81. The van der Waals surface area contributed by atoms with Crippen LogP contribution in [0.4, 0.5) is 0 Å². The van der Waals surface area contributed by atoms with Crippen LogP contribution < -0.4 is 0 Å². The van der Waals surface area contributed by atoms with Crippen LogP contribution in [0.3, 0.4) is 0 Å². The van der Waals surface area contributed by atoms with Crippen molar-refractivity contribution in [1.82, 2.24) is 14.1 Å². The van der Waals surface area contributed by atoms with Crippen molar-refractivity contribution in [2.24, 2.45) is 0 Å². The maximum Gasteiger partial charge on any atom is 0.253 e. The van der Waals surface area contributed by atoms with Crippen molar-refractivity contribution >= 4 is 15.9 Å². The van der Waals surface area contributed by atoms with Gasteiger partial charge in [0, 0.05) is 51.4 Å². The number of carbonyl (C=O) groups is 1. The average molecular weight is 456 g/mol. The van der Waals surface area contributed by atoms with Crippen LogP contribution in [0.5, 0.6) is 0 Å². The van der Waals surface area contributed by atoms with Gasteiger partial charge in [0.2, 0.25) is 10.0 Å². The minimum atomic E-state index is -3.57. The van der Waals surface area contributed by atoms with E-state index in [1.54, 1.807) is 29.4 Å². The van der Waals surface area contributed by atoms with Crippen LogP contribution in [-0.2, 0) is 16.6 Å². The lowest BCUT2D eigenvalue weighted by Crippen LogP contribution is -2.48. The number of piperidine rings is 1. The van der Waals surface area contributed by atoms with Gasteiger partial charge in [-0.25, -0.2) is 8.42 Å². The van der Waals surface area contributed by atoms with E-state index in [0.29, 0.717) is 37.3 Å². The van der Waals surface area contributed by atoms with Gasteiger partial charge >= 0.3 is 0 Å². The second-order valence-electron chi connectivity index (χ2n) is 8.94. The zero-order chi connectivity index (χ0) is 22.7.